The van der Waals surface area contributed by atoms with Crippen LogP contribution in [0, 0.1) is 0 Å². The van der Waals surface area contributed by atoms with E-state index in [2.05, 4.69) is 30.2 Å². The minimum Gasteiger partial charge on any atom is -0.341 e. The molecule has 0 bridgehead atoms. The van der Waals surface area contributed by atoms with Crippen LogP contribution in [0.1, 0.15) is 0 Å². The number of aromatic amines is 1. The minimum atomic E-state index is -0.432. The topological polar surface area (TPSA) is 101 Å². The molecule has 0 saturated heterocycles. The number of fused-ring (bicyclic) bond motifs is 1. The third-order valence-electron chi connectivity index (χ3n) is 2.20. The highest BCUT2D eigenvalue weighted by Gasteiger charge is 2.11. The van der Waals surface area contributed by atoms with Gasteiger partial charge in [0.25, 0.3) is 0 Å². The lowest BCUT2D eigenvalue weighted by atomic mass is 10.5. The second kappa shape index (κ2) is 4.08. The molecule has 0 aliphatic heterocycles. The van der Waals surface area contributed by atoms with Gasteiger partial charge in [0, 0.05) is 12.4 Å². The molecule has 0 saturated carbocycles. The number of carbonyl (C=O) groups is 1. The van der Waals surface area contributed by atoms with Crippen molar-refractivity contribution in [1.82, 2.24) is 29.5 Å². The molecule has 90 valence electrons. The van der Waals surface area contributed by atoms with Crippen LogP contribution < -0.4 is 5.32 Å². The van der Waals surface area contributed by atoms with Crippen molar-refractivity contribution in [2.45, 2.75) is 0 Å². The van der Waals surface area contributed by atoms with E-state index in [0.29, 0.717) is 11.2 Å². The van der Waals surface area contributed by atoms with E-state index in [-0.39, 0.29) is 11.1 Å². The number of rotatable bonds is 1. The number of carbonyl (C=O) groups excluding carboxylic acids is 1. The number of anilines is 1. The summed E-state index contributed by atoms with van der Waals surface area (Å²) in [4.78, 5) is 30.2. The number of nitrogens with one attached hydrogen (secondary N) is 2. The first-order valence-corrected chi connectivity index (χ1v) is 5.28. The third-order valence-corrected chi connectivity index (χ3v) is 2.47. The molecule has 3 aromatic heterocycles. The van der Waals surface area contributed by atoms with Crippen LogP contribution in [0.5, 0.6) is 0 Å². The molecule has 0 spiro atoms. The minimum absolute atomic E-state index is 0.0818. The average Bonchev–Trinajstić information content (AvgIpc) is 2.99. The maximum Gasteiger partial charge on any atom is 0.333 e. The Labute approximate surface area is 105 Å². The second-order valence-corrected chi connectivity index (χ2v) is 3.70. The van der Waals surface area contributed by atoms with Gasteiger partial charge in [-0.2, -0.15) is 9.97 Å². The smallest absolute Gasteiger partial charge is 0.333 e. The number of amides is 1. The lowest BCUT2D eigenvalue weighted by molar-refractivity contribution is 0.253. The lowest BCUT2D eigenvalue weighted by Gasteiger charge is -2.03. The molecule has 0 radical (unpaired) electrons. The first-order chi connectivity index (χ1) is 8.74. The zero-order chi connectivity index (χ0) is 12.5. The van der Waals surface area contributed by atoms with Crippen LogP contribution in [-0.4, -0.2) is 35.5 Å². The first kappa shape index (κ1) is 10.7. The van der Waals surface area contributed by atoms with Gasteiger partial charge in [-0.1, -0.05) is 11.6 Å². The molecule has 1 amide bonds. The van der Waals surface area contributed by atoms with E-state index in [1.807, 2.05) is 0 Å². The van der Waals surface area contributed by atoms with Crippen molar-refractivity contribution in [3.05, 3.63) is 30.2 Å². The molecule has 0 aliphatic rings. The monoisotopic (exact) mass is 263 g/mol. The number of hydrogen-bond donors (Lipinski definition) is 2. The van der Waals surface area contributed by atoms with Crippen LogP contribution in [-0.2, 0) is 0 Å². The molecular formula is C9H6ClN7O. The SMILES string of the molecule is O=C(Nc1nc(Cl)c2[nH]cnc2n1)n1ccnc1. The lowest BCUT2D eigenvalue weighted by Crippen LogP contribution is -2.19. The van der Waals surface area contributed by atoms with Crippen LogP contribution >= 0.6 is 11.6 Å². The van der Waals surface area contributed by atoms with Crippen LogP contribution in [0.15, 0.2) is 25.0 Å². The van der Waals surface area contributed by atoms with Crippen LogP contribution in [0.3, 0.4) is 0 Å². The van der Waals surface area contributed by atoms with Gasteiger partial charge in [0.15, 0.2) is 10.8 Å². The van der Waals surface area contributed by atoms with E-state index in [9.17, 15) is 4.79 Å². The Morgan fingerprint density at radius 2 is 2.33 bits per heavy atom. The van der Waals surface area contributed by atoms with Gasteiger partial charge in [-0.3, -0.25) is 9.88 Å². The molecular weight excluding hydrogens is 258 g/mol. The highest BCUT2D eigenvalue weighted by atomic mass is 35.5. The maximum absolute atomic E-state index is 11.7. The standard InChI is InChI=1S/C9H6ClN7O/c10-6-5-7(13-3-12-5)15-8(14-6)16-9(18)17-2-1-11-4-17/h1-4H,(H2,12,13,14,15,16,18). The van der Waals surface area contributed by atoms with E-state index >= 15 is 0 Å². The van der Waals surface area contributed by atoms with Crippen molar-refractivity contribution < 1.29 is 4.79 Å². The number of imidazole rings is 2. The number of H-pyrrole nitrogens is 1. The van der Waals surface area contributed by atoms with E-state index in [0.717, 1.165) is 0 Å². The number of aromatic nitrogens is 6. The van der Waals surface area contributed by atoms with Crippen molar-refractivity contribution in [2.75, 3.05) is 5.32 Å². The van der Waals surface area contributed by atoms with Gasteiger partial charge in [-0.15, -0.1) is 0 Å². The van der Waals surface area contributed by atoms with Crippen LogP contribution in [0.25, 0.3) is 11.2 Å². The molecule has 18 heavy (non-hydrogen) atoms. The Morgan fingerprint density at radius 3 is 3.11 bits per heavy atom. The molecule has 0 atom stereocenters. The summed E-state index contributed by atoms with van der Waals surface area (Å²) >= 11 is 5.92. The van der Waals surface area contributed by atoms with Crippen molar-refractivity contribution in [1.29, 1.82) is 0 Å². The molecule has 2 N–H and O–H groups in total. The Balaban J connectivity index is 1.93. The quantitative estimate of drug-likeness (QED) is 0.644. The van der Waals surface area contributed by atoms with Crippen LogP contribution in [0.2, 0.25) is 5.15 Å². The molecule has 0 aliphatic carbocycles. The van der Waals surface area contributed by atoms with Gasteiger partial charge in [0.1, 0.15) is 11.8 Å². The Hall–Kier alpha value is -2.48. The summed E-state index contributed by atoms with van der Waals surface area (Å²) in [5, 5.41) is 2.68. The molecule has 9 heteroatoms. The molecule has 8 nitrogen and oxygen atoms in total. The zero-order valence-corrected chi connectivity index (χ0v) is 9.59. The fourth-order valence-electron chi connectivity index (χ4n) is 1.39. The summed E-state index contributed by atoms with van der Waals surface area (Å²) < 4.78 is 1.26. The molecule has 0 fully saturated rings. The van der Waals surface area contributed by atoms with Gasteiger partial charge in [0.05, 0.1) is 6.33 Å². The fraction of sp³-hybridized carbons (Fsp3) is 0. The van der Waals surface area contributed by atoms with Crippen molar-refractivity contribution in [3.63, 3.8) is 0 Å². The van der Waals surface area contributed by atoms with E-state index < -0.39 is 6.03 Å². The molecule has 3 heterocycles. The summed E-state index contributed by atoms with van der Waals surface area (Å²) in [6.07, 6.45) is 5.81. The average molecular weight is 264 g/mol. The van der Waals surface area contributed by atoms with Crippen molar-refractivity contribution in [3.8, 4) is 0 Å². The second-order valence-electron chi connectivity index (χ2n) is 3.34. The largest absolute Gasteiger partial charge is 0.341 e. The van der Waals surface area contributed by atoms with E-state index in [4.69, 9.17) is 11.6 Å². The molecule has 0 aromatic carbocycles. The predicted octanol–water partition coefficient (Wildman–Crippen LogP) is 1.28. The Kier molecular flexibility index (Phi) is 2.41. The summed E-state index contributed by atoms with van der Waals surface area (Å²) in [6, 6.07) is -0.432. The normalized spacial score (nSPS) is 10.7. The summed E-state index contributed by atoms with van der Waals surface area (Å²) in [5.74, 6) is 0.0818. The third kappa shape index (κ3) is 1.78. The first-order valence-electron chi connectivity index (χ1n) is 4.90. The summed E-state index contributed by atoms with van der Waals surface area (Å²) in [6.45, 7) is 0. The van der Waals surface area contributed by atoms with E-state index in [1.165, 1.54) is 29.6 Å². The highest BCUT2D eigenvalue weighted by molar-refractivity contribution is 6.33. The highest BCUT2D eigenvalue weighted by Crippen LogP contribution is 2.18. The van der Waals surface area contributed by atoms with Gasteiger partial charge < -0.3 is 4.98 Å². The van der Waals surface area contributed by atoms with Crippen molar-refractivity contribution in [2.24, 2.45) is 0 Å². The van der Waals surface area contributed by atoms with Gasteiger partial charge in [-0.25, -0.2) is 14.8 Å². The van der Waals surface area contributed by atoms with Crippen LogP contribution in [0.4, 0.5) is 10.7 Å². The fourth-order valence-corrected chi connectivity index (χ4v) is 1.61. The predicted molar refractivity (Wildman–Crippen MR) is 63.3 cm³/mol. The Morgan fingerprint density at radius 1 is 1.44 bits per heavy atom. The number of hydrogen-bond acceptors (Lipinski definition) is 5. The maximum atomic E-state index is 11.7. The number of nitrogens with zero attached hydrogens (tertiary/aromatic N) is 5. The summed E-state index contributed by atoms with van der Waals surface area (Å²) in [7, 11) is 0. The van der Waals surface area contributed by atoms with Crippen molar-refractivity contribution >= 4 is 34.7 Å². The van der Waals surface area contributed by atoms with Gasteiger partial charge in [-0.05, 0) is 0 Å². The summed E-state index contributed by atoms with van der Waals surface area (Å²) in [5.41, 5.74) is 0.910. The van der Waals surface area contributed by atoms with Gasteiger partial charge in [0.2, 0.25) is 5.95 Å². The zero-order valence-electron chi connectivity index (χ0n) is 8.83. The van der Waals surface area contributed by atoms with E-state index in [1.54, 1.807) is 0 Å². The molecule has 3 rings (SSSR count). The van der Waals surface area contributed by atoms with Gasteiger partial charge >= 0.3 is 6.03 Å². The number of halogens is 1. The Bertz CT molecular complexity index is 705. The molecule has 3 aromatic rings. The molecule has 0 unspecified atom stereocenters.